The number of benzene rings is 3. The molecule has 0 fully saturated rings. The van der Waals surface area contributed by atoms with E-state index >= 15 is 0 Å². The third-order valence-electron chi connectivity index (χ3n) is 4.47. The van der Waals surface area contributed by atoms with E-state index in [1.54, 1.807) is 0 Å². The van der Waals surface area contributed by atoms with Gasteiger partial charge < -0.3 is 13.9 Å². The zero-order chi connectivity index (χ0) is 17.3. The summed E-state index contributed by atoms with van der Waals surface area (Å²) < 4.78 is 16.8. The minimum atomic E-state index is 0.293. The third kappa shape index (κ3) is 2.74. The summed E-state index contributed by atoms with van der Waals surface area (Å²) in [6.45, 7) is 0.293. The molecule has 0 unspecified atom stereocenters. The summed E-state index contributed by atoms with van der Waals surface area (Å²) >= 11 is 0. The van der Waals surface area contributed by atoms with Crippen LogP contribution in [-0.2, 0) is 0 Å². The van der Waals surface area contributed by atoms with E-state index < -0.39 is 0 Å². The first-order valence-corrected chi connectivity index (χ1v) is 8.52. The van der Waals surface area contributed by atoms with Crippen LogP contribution in [0.2, 0.25) is 0 Å². The van der Waals surface area contributed by atoms with Crippen LogP contribution in [0.4, 0.5) is 0 Å². The molecule has 1 aliphatic rings. The van der Waals surface area contributed by atoms with E-state index in [2.05, 4.69) is 48.6 Å². The molecule has 126 valence electrons. The van der Waals surface area contributed by atoms with Gasteiger partial charge in [-0.05, 0) is 35.4 Å². The zero-order valence-corrected chi connectivity index (χ0v) is 14.0. The van der Waals surface area contributed by atoms with Crippen molar-refractivity contribution in [3.63, 3.8) is 0 Å². The van der Waals surface area contributed by atoms with Gasteiger partial charge in [0.2, 0.25) is 6.79 Å². The van der Waals surface area contributed by atoms with E-state index in [1.807, 2.05) is 36.4 Å². The van der Waals surface area contributed by atoms with Crippen molar-refractivity contribution in [1.29, 1.82) is 0 Å². The van der Waals surface area contributed by atoms with Gasteiger partial charge in [0.25, 0.3) is 0 Å². The van der Waals surface area contributed by atoms with Crippen molar-refractivity contribution in [3.05, 3.63) is 83.9 Å². The van der Waals surface area contributed by atoms with Gasteiger partial charge in [0.1, 0.15) is 11.3 Å². The molecule has 4 aromatic rings. The molecule has 0 N–H and O–H groups in total. The summed E-state index contributed by atoms with van der Waals surface area (Å²) in [7, 11) is 0. The van der Waals surface area contributed by atoms with Gasteiger partial charge in [0.15, 0.2) is 11.5 Å². The Morgan fingerprint density at radius 2 is 1.46 bits per heavy atom. The topological polar surface area (TPSA) is 31.6 Å². The van der Waals surface area contributed by atoms with Gasteiger partial charge in [-0.15, -0.1) is 0 Å². The third-order valence-corrected chi connectivity index (χ3v) is 4.47. The maximum atomic E-state index is 6.04. The molecule has 3 aromatic carbocycles. The first-order valence-electron chi connectivity index (χ1n) is 8.52. The maximum absolute atomic E-state index is 6.04. The molecule has 0 aliphatic carbocycles. The molecule has 1 aromatic heterocycles. The lowest BCUT2D eigenvalue weighted by atomic mass is 10.1. The van der Waals surface area contributed by atoms with Crippen LogP contribution in [-0.4, -0.2) is 6.79 Å². The van der Waals surface area contributed by atoms with Crippen molar-refractivity contribution in [1.82, 2.24) is 0 Å². The standard InChI is InChI=1S/C23H16O3/c1-2-4-18(5-3-1)22-14-19-10-8-16(12-21(19)26-22)6-7-17-9-11-20-23(13-17)25-15-24-20/h1-14H,15H2. The van der Waals surface area contributed by atoms with Gasteiger partial charge in [-0.1, -0.05) is 60.7 Å². The summed E-state index contributed by atoms with van der Waals surface area (Å²) in [6, 6.07) is 24.4. The number of fused-ring (bicyclic) bond motifs is 2. The Balaban J connectivity index is 1.44. The van der Waals surface area contributed by atoms with Gasteiger partial charge in [0, 0.05) is 10.9 Å². The van der Waals surface area contributed by atoms with E-state index in [9.17, 15) is 0 Å². The van der Waals surface area contributed by atoms with E-state index in [0.717, 1.165) is 44.9 Å². The Hall–Kier alpha value is -3.46. The lowest BCUT2D eigenvalue weighted by Gasteiger charge is -1.98. The number of hydrogen-bond acceptors (Lipinski definition) is 3. The molecule has 2 heterocycles. The lowest BCUT2D eigenvalue weighted by Crippen LogP contribution is -1.92. The predicted molar refractivity (Wildman–Crippen MR) is 103 cm³/mol. The lowest BCUT2D eigenvalue weighted by molar-refractivity contribution is 0.174. The van der Waals surface area contributed by atoms with Gasteiger partial charge in [0.05, 0.1) is 0 Å². The second kappa shape index (κ2) is 6.12. The van der Waals surface area contributed by atoms with Gasteiger partial charge in [-0.25, -0.2) is 0 Å². The highest BCUT2D eigenvalue weighted by molar-refractivity contribution is 5.86. The van der Waals surface area contributed by atoms with Crippen molar-refractivity contribution >= 4 is 23.1 Å². The average molecular weight is 340 g/mol. The Morgan fingerprint density at radius 3 is 2.35 bits per heavy atom. The molecule has 3 nitrogen and oxygen atoms in total. The van der Waals surface area contributed by atoms with Gasteiger partial charge in [-0.3, -0.25) is 0 Å². The molecule has 0 amide bonds. The zero-order valence-electron chi connectivity index (χ0n) is 14.0. The number of furan rings is 1. The molecular formula is C23H16O3. The summed E-state index contributed by atoms with van der Waals surface area (Å²) in [5, 5.41) is 1.10. The number of hydrogen-bond donors (Lipinski definition) is 0. The average Bonchev–Trinajstić information content (AvgIpc) is 3.33. The summed E-state index contributed by atoms with van der Waals surface area (Å²) in [5.74, 6) is 2.48. The van der Waals surface area contributed by atoms with E-state index in [0.29, 0.717) is 6.79 Å². The molecule has 3 heteroatoms. The molecule has 0 saturated carbocycles. The highest BCUT2D eigenvalue weighted by atomic mass is 16.7. The minimum absolute atomic E-state index is 0.293. The molecule has 0 spiro atoms. The highest BCUT2D eigenvalue weighted by Gasteiger charge is 2.12. The Kier molecular flexibility index (Phi) is 3.49. The Bertz CT molecular complexity index is 1110. The largest absolute Gasteiger partial charge is 0.456 e. The van der Waals surface area contributed by atoms with Crippen LogP contribution < -0.4 is 9.47 Å². The van der Waals surface area contributed by atoms with Crippen molar-refractivity contribution in [2.75, 3.05) is 6.79 Å². The van der Waals surface area contributed by atoms with Crippen LogP contribution in [0.15, 0.2) is 77.2 Å². The van der Waals surface area contributed by atoms with Crippen LogP contribution in [0, 0.1) is 0 Å². The summed E-state index contributed by atoms with van der Waals surface area (Å²) in [5.41, 5.74) is 4.13. The van der Waals surface area contributed by atoms with Gasteiger partial charge in [-0.2, -0.15) is 0 Å². The summed E-state index contributed by atoms with van der Waals surface area (Å²) in [4.78, 5) is 0. The minimum Gasteiger partial charge on any atom is -0.456 e. The van der Waals surface area contributed by atoms with Crippen molar-refractivity contribution in [2.24, 2.45) is 0 Å². The quantitative estimate of drug-likeness (QED) is 0.429. The smallest absolute Gasteiger partial charge is 0.231 e. The molecular weight excluding hydrogens is 324 g/mol. The monoisotopic (exact) mass is 340 g/mol. The Labute approximate surface area is 151 Å². The van der Waals surface area contributed by atoms with Crippen LogP contribution >= 0.6 is 0 Å². The first-order chi connectivity index (χ1) is 12.8. The molecule has 26 heavy (non-hydrogen) atoms. The van der Waals surface area contributed by atoms with E-state index in [1.165, 1.54) is 0 Å². The first kappa shape index (κ1) is 14.8. The van der Waals surface area contributed by atoms with E-state index in [-0.39, 0.29) is 0 Å². The fourth-order valence-electron chi connectivity index (χ4n) is 3.11. The fraction of sp³-hybridized carbons (Fsp3) is 0.0435. The fourth-order valence-corrected chi connectivity index (χ4v) is 3.11. The number of rotatable bonds is 3. The van der Waals surface area contributed by atoms with Crippen LogP contribution in [0.25, 0.3) is 34.4 Å². The second-order valence-electron chi connectivity index (χ2n) is 6.22. The second-order valence-corrected chi connectivity index (χ2v) is 6.22. The molecule has 5 rings (SSSR count). The Morgan fingerprint density at radius 1 is 0.692 bits per heavy atom. The van der Waals surface area contributed by atoms with Crippen molar-refractivity contribution in [3.8, 4) is 22.8 Å². The van der Waals surface area contributed by atoms with Crippen LogP contribution in [0.3, 0.4) is 0 Å². The summed E-state index contributed by atoms with van der Waals surface area (Å²) in [6.07, 6.45) is 4.13. The molecule has 0 atom stereocenters. The normalized spacial score (nSPS) is 12.9. The van der Waals surface area contributed by atoms with Crippen LogP contribution in [0.1, 0.15) is 11.1 Å². The van der Waals surface area contributed by atoms with E-state index in [4.69, 9.17) is 13.9 Å². The SMILES string of the molecule is C(=Cc1ccc2cc(-c3ccccc3)oc2c1)c1ccc2c(c1)OCO2. The molecule has 1 aliphatic heterocycles. The molecule has 0 bridgehead atoms. The molecule has 0 radical (unpaired) electrons. The maximum Gasteiger partial charge on any atom is 0.231 e. The highest BCUT2D eigenvalue weighted by Crippen LogP contribution is 2.33. The predicted octanol–water partition coefficient (Wildman–Crippen LogP) is 6.00. The number of ether oxygens (including phenoxy) is 2. The van der Waals surface area contributed by atoms with Crippen molar-refractivity contribution < 1.29 is 13.9 Å². The van der Waals surface area contributed by atoms with Gasteiger partial charge >= 0.3 is 0 Å². The van der Waals surface area contributed by atoms with Crippen LogP contribution in [0.5, 0.6) is 11.5 Å². The van der Waals surface area contributed by atoms with Crippen molar-refractivity contribution in [2.45, 2.75) is 0 Å². The molecule has 0 saturated heterocycles.